The van der Waals surface area contributed by atoms with Gasteiger partial charge in [-0.25, -0.2) is 4.98 Å². The Morgan fingerprint density at radius 2 is 1.89 bits per heavy atom. The maximum atomic E-state index is 12.8. The molecule has 3 aromatic rings. The number of hydrogen-bond donors (Lipinski definition) is 2. The number of rotatable bonds is 5. The zero-order valence-electron chi connectivity index (χ0n) is 20.3. The van der Waals surface area contributed by atoms with Crippen LogP contribution >= 0.6 is 0 Å². The monoisotopic (exact) mass is 467 g/mol. The molecule has 35 heavy (non-hydrogen) atoms. The zero-order valence-corrected chi connectivity index (χ0v) is 20.3. The highest BCUT2D eigenvalue weighted by molar-refractivity contribution is 6.06. The van der Waals surface area contributed by atoms with Gasteiger partial charge in [-0.1, -0.05) is 6.07 Å². The highest BCUT2D eigenvalue weighted by Gasteiger charge is 2.27. The van der Waals surface area contributed by atoms with E-state index in [1.54, 1.807) is 6.20 Å². The number of aromatic nitrogens is 2. The maximum absolute atomic E-state index is 12.8. The van der Waals surface area contributed by atoms with E-state index >= 15 is 0 Å². The quantitative estimate of drug-likeness (QED) is 0.591. The number of fused-ring (bicyclic) bond motifs is 1. The molecule has 2 aliphatic rings. The lowest BCUT2D eigenvalue weighted by molar-refractivity contribution is 0.0966. The van der Waals surface area contributed by atoms with E-state index in [9.17, 15) is 10.1 Å². The number of benzene rings is 1. The fraction of sp³-hybridized carbons (Fsp3) is 0.333. The maximum Gasteiger partial charge on any atom is 0.254 e. The lowest BCUT2D eigenvalue weighted by Crippen LogP contribution is -2.44. The number of nitriles is 1. The predicted molar refractivity (Wildman–Crippen MR) is 137 cm³/mol. The topological polar surface area (TPSA) is 97.2 Å². The van der Waals surface area contributed by atoms with Crippen molar-refractivity contribution in [1.29, 1.82) is 5.26 Å². The van der Waals surface area contributed by atoms with Crippen molar-refractivity contribution < 1.29 is 4.79 Å². The largest absolute Gasteiger partial charge is 0.368 e. The van der Waals surface area contributed by atoms with E-state index in [0.717, 1.165) is 54.2 Å². The van der Waals surface area contributed by atoms with Crippen LogP contribution in [0.5, 0.6) is 0 Å². The summed E-state index contributed by atoms with van der Waals surface area (Å²) in [6.07, 6.45) is 3.61. The van der Waals surface area contributed by atoms with Crippen molar-refractivity contribution in [3.05, 3.63) is 65.6 Å². The molecule has 0 saturated carbocycles. The summed E-state index contributed by atoms with van der Waals surface area (Å²) in [7, 11) is 2.14. The summed E-state index contributed by atoms with van der Waals surface area (Å²) in [4.78, 5) is 26.5. The number of likely N-dealkylation sites (N-methyl/N-ethyl adjacent to an activating group) is 1. The van der Waals surface area contributed by atoms with Gasteiger partial charge in [0.2, 0.25) is 0 Å². The predicted octanol–water partition coefficient (Wildman–Crippen LogP) is 3.68. The molecule has 1 aromatic carbocycles. The number of hydrogen-bond acceptors (Lipinski definition) is 7. The first kappa shape index (κ1) is 22.8. The zero-order chi connectivity index (χ0) is 24.6. The third-order valence-corrected chi connectivity index (χ3v) is 6.84. The van der Waals surface area contributed by atoms with Gasteiger partial charge in [0, 0.05) is 38.9 Å². The van der Waals surface area contributed by atoms with Crippen LogP contribution in [0.15, 0.2) is 48.8 Å². The van der Waals surface area contributed by atoms with Gasteiger partial charge in [0.15, 0.2) is 0 Å². The average molecular weight is 468 g/mol. The fourth-order valence-electron chi connectivity index (χ4n) is 4.57. The third kappa shape index (κ3) is 4.43. The van der Waals surface area contributed by atoms with Gasteiger partial charge in [0.1, 0.15) is 5.82 Å². The molecule has 0 unspecified atom stereocenters. The lowest BCUT2D eigenvalue weighted by atomic mass is 9.88. The van der Waals surface area contributed by atoms with Gasteiger partial charge in [-0.3, -0.25) is 9.78 Å². The van der Waals surface area contributed by atoms with Gasteiger partial charge in [-0.2, -0.15) is 5.26 Å². The van der Waals surface area contributed by atoms with Gasteiger partial charge in [0.25, 0.3) is 5.91 Å². The summed E-state index contributed by atoms with van der Waals surface area (Å²) in [5.41, 5.74) is 5.30. The van der Waals surface area contributed by atoms with Gasteiger partial charge in [-0.05, 0) is 67.9 Å². The number of carbonyl (C=O) groups excluding carboxylic acids is 1. The summed E-state index contributed by atoms with van der Waals surface area (Å²) in [5.74, 6) is 0.588. The molecular formula is C27H29N7O. The van der Waals surface area contributed by atoms with Gasteiger partial charge < -0.3 is 20.4 Å². The molecule has 0 radical (unpaired) electrons. The van der Waals surface area contributed by atoms with E-state index < -0.39 is 5.41 Å². The first-order valence-corrected chi connectivity index (χ1v) is 11.8. The molecular weight excluding hydrogens is 438 g/mol. The molecule has 0 spiro atoms. The number of piperazine rings is 1. The number of carbonyl (C=O) groups is 1. The molecule has 1 fully saturated rings. The Morgan fingerprint density at radius 3 is 2.60 bits per heavy atom. The fourth-order valence-corrected chi connectivity index (χ4v) is 4.57. The molecule has 5 rings (SSSR count). The van der Waals surface area contributed by atoms with E-state index in [1.165, 1.54) is 0 Å². The minimum Gasteiger partial charge on any atom is -0.368 e. The van der Waals surface area contributed by atoms with Crippen LogP contribution in [0, 0.1) is 11.3 Å². The van der Waals surface area contributed by atoms with Crippen molar-refractivity contribution in [3.8, 4) is 17.2 Å². The number of nitrogens with one attached hydrogen (secondary N) is 2. The molecule has 4 heterocycles. The van der Waals surface area contributed by atoms with Gasteiger partial charge >= 0.3 is 0 Å². The smallest absolute Gasteiger partial charge is 0.254 e. The van der Waals surface area contributed by atoms with Crippen LogP contribution < -0.4 is 15.5 Å². The molecule has 1 saturated heterocycles. The first-order chi connectivity index (χ1) is 16.9. The summed E-state index contributed by atoms with van der Waals surface area (Å²) in [5, 5.41) is 15.8. The van der Waals surface area contributed by atoms with Crippen LogP contribution in [0.1, 0.15) is 35.5 Å². The first-order valence-electron chi connectivity index (χ1n) is 11.8. The summed E-state index contributed by atoms with van der Waals surface area (Å²) in [6, 6.07) is 14.1. The Hall–Kier alpha value is -3.96. The molecule has 1 amide bonds. The molecule has 178 valence electrons. The minimum atomic E-state index is -0.698. The van der Waals surface area contributed by atoms with Crippen LogP contribution in [-0.2, 0) is 12.0 Å². The van der Waals surface area contributed by atoms with Crippen molar-refractivity contribution in [2.24, 2.45) is 0 Å². The van der Waals surface area contributed by atoms with E-state index in [-0.39, 0.29) is 5.91 Å². The standard InChI is InChI=1S/C27H29N7O/c1-27(2,17-28)23-14-18(8-9-29-23)20-5-6-22(25-21(20)16-31-26(25)35)32-24-7-4-19(15-30-24)34-12-10-33(3)11-13-34/h4-9,14-15H,10-13,16H2,1-3H3,(H,30,32)(H,31,35). The molecule has 0 aliphatic carbocycles. The second kappa shape index (κ2) is 9.01. The van der Waals surface area contributed by atoms with E-state index in [2.05, 4.69) is 49.6 Å². The average Bonchev–Trinajstić information content (AvgIpc) is 3.27. The van der Waals surface area contributed by atoms with Crippen LogP contribution in [0.4, 0.5) is 17.2 Å². The van der Waals surface area contributed by atoms with E-state index in [1.807, 2.05) is 50.4 Å². The summed E-state index contributed by atoms with van der Waals surface area (Å²) in [6.45, 7) is 8.22. The summed E-state index contributed by atoms with van der Waals surface area (Å²) >= 11 is 0. The van der Waals surface area contributed by atoms with Crippen molar-refractivity contribution in [1.82, 2.24) is 20.2 Å². The van der Waals surface area contributed by atoms with Crippen molar-refractivity contribution in [2.45, 2.75) is 25.8 Å². The normalized spacial score (nSPS) is 15.9. The lowest BCUT2D eigenvalue weighted by Gasteiger charge is -2.33. The van der Waals surface area contributed by atoms with Crippen molar-refractivity contribution in [2.75, 3.05) is 43.4 Å². The molecule has 0 atom stereocenters. The number of pyridine rings is 2. The Balaban J connectivity index is 1.43. The second-order valence-corrected chi connectivity index (χ2v) is 9.68. The van der Waals surface area contributed by atoms with Crippen LogP contribution in [0.2, 0.25) is 0 Å². The van der Waals surface area contributed by atoms with Crippen LogP contribution in [0.3, 0.4) is 0 Å². The molecule has 2 N–H and O–H groups in total. The Morgan fingerprint density at radius 1 is 1.09 bits per heavy atom. The molecule has 0 bridgehead atoms. The third-order valence-electron chi connectivity index (χ3n) is 6.84. The van der Waals surface area contributed by atoms with E-state index in [4.69, 9.17) is 0 Å². The molecule has 2 aromatic heterocycles. The Kier molecular flexibility index (Phi) is 5.87. The minimum absolute atomic E-state index is 0.106. The summed E-state index contributed by atoms with van der Waals surface area (Å²) < 4.78 is 0. The highest BCUT2D eigenvalue weighted by Crippen LogP contribution is 2.36. The number of nitrogens with zero attached hydrogens (tertiary/aromatic N) is 5. The van der Waals surface area contributed by atoms with Crippen LogP contribution in [0.25, 0.3) is 11.1 Å². The Labute approximate surface area is 205 Å². The van der Waals surface area contributed by atoms with Crippen LogP contribution in [-0.4, -0.2) is 54.0 Å². The van der Waals surface area contributed by atoms with Gasteiger partial charge in [-0.15, -0.1) is 0 Å². The molecule has 2 aliphatic heterocycles. The number of anilines is 3. The van der Waals surface area contributed by atoms with E-state index in [0.29, 0.717) is 23.6 Å². The Bertz CT molecular complexity index is 1300. The second-order valence-electron chi connectivity index (χ2n) is 9.68. The molecule has 8 heteroatoms. The SMILES string of the molecule is CN1CCN(c2ccc(Nc3ccc(-c4ccnc(C(C)(C)C#N)c4)c4c3C(=O)NC4)nc2)CC1. The number of amides is 1. The molecule has 8 nitrogen and oxygen atoms in total. The highest BCUT2D eigenvalue weighted by atomic mass is 16.1. The van der Waals surface area contributed by atoms with Crippen molar-refractivity contribution in [3.63, 3.8) is 0 Å². The van der Waals surface area contributed by atoms with Crippen molar-refractivity contribution >= 4 is 23.1 Å². The van der Waals surface area contributed by atoms with Gasteiger partial charge in [0.05, 0.1) is 40.3 Å².